The summed E-state index contributed by atoms with van der Waals surface area (Å²) in [5, 5.41) is 11.5. The Balaban J connectivity index is 3.49. The van der Waals surface area contributed by atoms with Crippen LogP contribution in [0, 0.1) is 5.92 Å². The third-order valence-corrected chi connectivity index (χ3v) is 1.84. The summed E-state index contributed by atoms with van der Waals surface area (Å²) < 4.78 is 0. The Kier molecular flexibility index (Phi) is 5.84. The normalized spacial score (nSPS) is 12.9. The maximum atomic E-state index is 10.3. The summed E-state index contributed by atoms with van der Waals surface area (Å²) in [7, 11) is 1.88. The van der Waals surface area contributed by atoms with E-state index in [1.54, 1.807) is 0 Å². The van der Waals surface area contributed by atoms with Crippen LogP contribution in [0.5, 0.6) is 0 Å². The van der Waals surface area contributed by atoms with Gasteiger partial charge in [-0.2, -0.15) is 0 Å². The Hall–Kier alpha value is -0.570. The van der Waals surface area contributed by atoms with Gasteiger partial charge in [-0.15, -0.1) is 0 Å². The molecule has 0 saturated heterocycles. The summed E-state index contributed by atoms with van der Waals surface area (Å²) in [6.07, 6.45) is 2.21. The van der Waals surface area contributed by atoms with Crippen LogP contribution in [0.4, 0.5) is 0 Å². The number of nitrogens with one attached hydrogen (secondary N) is 1. The molecule has 0 spiro atoms. The number of aliphatic carboxylic acids is 1. The fourth-order valence-corrected chi connectivity index (χ4v) is 1.05. The number of rotatable bonds is 6. The fourth-order valence-electron chi connectivity index (χ4n) is 1.05. The van der Waals surface area contributed by atoms with Crippen molar-refractivity contribution in [3.8, 4) is 0 Å². The van der Waals surface area contributed by atoms with E-state index in [9.17, 15) is 4.79 Å². The maximum Gasteiger partial charge on any atom is 0.303 e. The van der Waals surface area contributed by atoms with Gasteiger partial charge in [0.25, 0.3) is 0 Å². The average molecular weight is 159 g/mol. The summed E-state index contributed by atoms with van der Waals surface area (Å²) in [6, 6.07) is 0. The number of hydrogen-bond donors (Lipinski definition) is 2. The van der Waals surface area contributed by atoms with E-state index in [1.807, 2.05) is 14.0 Å². The molecule has 0 heterocycles. The Morgan fingerprint density at radius 2 is 2.27 bits per heavy atom. The molecule has 0 bridgehead atoms. The smallest absolute Gasteiger partial charge is 0.303 e. The van der Waals surface area contributed by atoms with Crippen molar-refractivity contribution in [2.45, 2.75) is 26.2 Å². The molecule has 66 valence electrons. The van der Waals surface area contributed by atoms with Crippen LogP contribution in [-0.4, -0.2) is 24.7 Å². The second-order valence-corrected chi connectivity index (χ2v) is 2.76. The Morgan fingerprint density at radius 3 is 2.64 bits per heavy atom. The van der Waals surface area contributed by atoms with Gasteiger partial charge in [-0.05, 0) is 25.9 Å². The van der Waals surface area contributed by atoms with Gasteiger partial charge in [0.1, 0.15) is 0 Å². The van der Waals surface area contributed by atoms with Crippen molar-refractivity contribution in [1.29, 1.82) is 0 Å². The third-order valence-electron chi connectivity index (χ3n) is 1.84. The van der Waals surface area contributed by atoms with E-state index in [0.717, 1.165) is 19.4 Å². The summed E-state index contributed by atoms with van der Waals surface area (Å²) in [5.74, 6) is -0.354. The van der Waals surface area contributed by atoms with Crippen LogP contribution in [0.2, 0.25) is 0 Å². The van der Waals surface area contributed by atoms with Gasteiger partial charge < -0.3 is 10.4 Å². The molecule has 11 heavy (non-hydrogen) atoms. The van der Waals surface area contributed by atoms with Gasteiger partial charge in [0.2, 0.25) is 0 Å². The highest BCUT2D eigenvalue weighted by Crippen LogP contribution is 2.11. The molecule has 0 fully saturated rings. The molecular formula is C8H17NO2. The van der Waals surface area contributed by atoms with E-state index in [-0.39, 0.29) is 0 Å². The van der Waals surface area contributed by atoms with Crippen LogP contribution in [-0.2, 0) is 4.79 Å². The average Bonchev–Trinajstić information content (AvgIpc) is 1.97. The first kappa shape index (κ1) is 10.4. The van der Waals surface area contributed by atoms with Gasteiger partial charge in [-0.1, -0.05) is 13.3 Å². The zero-order valence-corrected chi connectivity index (χ0v) is 7.26. The van der Waals surface area contributed by atoms with Gasteiger partial charge in [-0.25, -0.2) is 0 Å². The van der Waals surface area contributed by atoms with Crippen LogP contribution in [0.15, 0.2) is 0 Å². The van der Waals surface area contributed by atoms with Crippen molar-refractivity contribution < 1.29 is 9.90 Å². The number of carbonyl (C=O) groups is 1. The topological polar surface area (TPSA) is 49.3 Å². The van der Waals surface area contributed by atoms with Gasteiger partial charge in [0, 0.05) is 6.42 Å². The van der Waals surface area contributed by atoms with Crippen LogP contribution in [0.1, 0.15) is 26.2 Å². The maximum absolute atomic E-state index is 10.3. The molecule has 0 aliphatic heterocycles. The lowest BCUT2D eigenvalue weighted by molar-refractivity contribution is -0.138. The molecule has 2 N–H and O–H groups in total. The van der Waals surface area contributed by atoms with Gasteiger partial charge in [-0.3, -0.25) is 4.79 Å². The summed E-state index contributed by atoms with van der Waals surface area (Å²) in [5.41, 5.74) is 0. The van der Waals surface area contributed by atoms with Crippen molar-refractivity contribution in [3.05, 3.63) is 0 Å². The monoisotopic (exact) mass is 159 g/mol. The minimum Gasteiger partial charge on any atom is -0.481 e. The third kappa shape index (κ3) is 5.85. The van der Waals surface area contributed by atoms with Crippen molar-refractivity contribution >= 4 is 5.97 Å². The molecule has 3 nitrogen and oxygen atoms in total. The van der Waals surface area contributed by atoms with Crippen molar-refractivity contribution in [3.63, 3.8) is 0 Å². The molecule has 0 amide bonds. The molecule has 1 atom stereocenters. The second-order valence-electron chi connectivity index (χ2n) is 2.76. The Labute approximate surface area is 67.8 Å². The van der Waals surface area contributed by atoms with Crippen molar-refractivity contribution in [2.24, 2.45) is 5.92 Å². The predicted molar refractivity (Wildman–Crippen MR) is 44.6 cm³/mol. The first-order valence-corrected chi connectivity index (χ1v) is 4.07. The van der Waals surface area contributed by atoms with Gasteiger partial charge in [0.15, 0.2) is 0 Å². The standard InChI is InChI=1S/C8H17NO2/c1-3-7(4-5-9-2)6-8(10)11/h7,9H,3-6H2,1-2H3,(H,10,11). The molecule has 0 aromatic heterocycles. The molecule has 0 aliphatic carbocycles. The Morgan fingerprint density at radius 1 is 1.64 bits per heavy atom. The minimum absolute atomic E-state index is 0.304. The van der Waals surface area contributed by atoms with Crippen molar-refractivity contribution in [2.75, 3.05) is 13.6 Å². The highest BCUT2D eigenvalue weighted by atomic mass is 16.4. The zero-order chi connectivity index (χ0) is 8.69. The predicted octanol–water partition coefficient (Wildman–Crippen LogP) is 1.10. The van der Waals surface area contributed by atoms with Crippen LogP contribution in [0.3, 0.4) is 0 Å². The van der Waals surface area contributed by atoms with E-state index in [4.69, 9.17) is 5.11 Å². The van der Waals surface area contributed by atoms with Crippen LogP contribution >= 0.6 is 0 Å². The highest BCUT2D eigenvalue weighted by molar-refractivity contribution is 5.66. The van der Waals surface area contributed by atoms with Gasteiger partial charge >= 0.3 is 5.97 Å². The molecule has 0 radical (unpaired) electrons. The molecule has 3 heteroatoms. The van der Waals surface area contributed by atoms with Crippen LogP contribution in [0.25, 0.3) is 0 Å². The molecule has 0 aromatic rings. The first-order chi connectivity index (χ1) is 5.20. The van der Waals surface area contributed by atoms with E-state index in [1.165, 1.54) is 0 Å². The molecule has 0 aliphatic rings. The number of carboxylic acids is 1. The lowest BCUT2D eigenvalue weighted by Crippen LogP contribution is -2.15. The molecule has 0 aromatic carbocycles. The van der Waals surface area contributed by atoms with E-state index in [0.29, 0.717) is 12.3 Å². The quantitative estimate of drug-likeness (QED) is 0.610. The minimum atomic E-state index is -0.687. The molecule has 1 unspecified atom stereocenters. The van der Waals surface area contributed by atoms with E-state index in [2.05, 4.69) is 5.32 Å². The molecular weight excluding hydrogens is 142 g/mol. The number of hydrogen-bond acceptors (Lipinski definition) is 2. The van der Waals surface area contributed by atoms with Crippen molar-refractivity contribution in [1.82, 2.24) is 5.32 Å². The van der Waals surface area contributed by atoms with Gasteiger partial charge in [0.05, 0.1) is 0 Å². The summed E-state index contributed by atoms with van der Waals surface area (Å²) >= 11 is 0. The zero-order valence-electron chi connectivity index (χ0n) is 7.26. The fraction of sp³-hybridized carbons (Fsp3) is 0.875. The summed E-state index contributed by atoms with van der Waals surface area (Å²) in [6.45, 7) is 2.94. The van der Waals surface area contributed by atoms with E-state index < -0.39 is 5.97 Å². The largest absolute Gasteiger partial charge is 0.481 e. The van der Waals surface area contributed by atoms with E-state index >= 15 is 0 Å². The Bertz CT molecular complexity index is 115. The van der Waals surface area contributed by atoms with Crippen LogP contribution < -0.4 is 5.32 Å². The molecule has 0 rings (SSSR count). The second kappa shape index (κ2) is 6.16. The number of carboxylic acid groups (broad SMARTS) is 1. The highest BCUT2D eigenvalue weighted by Gasteiger charge is 2.09. The molecule has 0 saturated carbocycles. The first-order valence-electron chi connectivity index (χ1n) is 4.07. The summed E-state index contributed by atoms with van der Waals surface area (Å²) in [4.78, 5) is 10.3. The lowest BCUT2D eigenvalue weighted by Gasteiger charge is -2.10. The lowest BCUT2D eigenvalue weighted by atomic mass is 9.99. The SMILES string of the molecule is CCC(CCNC)CC(=O)O.